The zero-order valence-corrected chi connectivity index (χ0v) is 11.0. The first-order chi connectivity index (χ1) is 9.20. The Balaban J connectivity index is 2.48. The first kappa shape index (κ1) is 14.9. The van der Waals surface area contributed by atoms with Crippen molar-refractivity contribution in [1.82, 2.24) is 9.97 Å². The number of alkyl halides is 5. The molecule has 2 rings (SSSR count). The minimum atomic E-state index is -4.69. The molecule has 0 radical (unpaired) electrons. The van der Waals surface area contributed by atoms with Crippen molar-refractivity contribution in [1.29, 1.82) is 0 Å². The molecule has 0 spiro atoms. The number of hydrogen-bond acceptors (Lipinski definition) is 1. The van der Waals surface area contributed by atoms with Crippen LogP contribution in [-0.2, 0) is 6.18 Å². The molecule has 0 saturated heterocycles. The van der Waals surface area contributed by atoms with Gasteiger partial charge < -0.3 is 4.98 Å². The van der Waals surface area contributed by atoms with Crippen LogP contribution >= 0.6 is 15.9 Å². The van der Waals surface area contributed by atoms with Gasteiger partial charge in [-0.1, -0.05) is 6.07 Å². The number of hydrogen-bond donors (Lipinski definition) is 1. The summed E-state index contributed by atoms with van der Waals surface area (Å²) in [6.07, 6.45) is -7.56. The molecule has 2 nitrogen and oxygen atoms in total. The number of rotatable bonds is 2. The van der Waals surface area contributed by atoms with Gasteiger partial charge in [-0.05, 0) is 28.1 Å². The van der Waals surface area contributed by atoms with E-state index in [0.717, 1.165) is 12.1 Å². The number of imidazole rings is 1. The van der Waals surface area contributed by atoms with Gasteiger partial charge in [-0.2, -0.15) is 13.2 Å². The van der Waals surface area contributed by atoms with Gasteiger partial charge in [-0.15, -0.1) is 0 Å². The number of H-pyrrole nitrogens is 1. The second kappa shape index (κ2) is 5.12. The Bertz CT molecular complexity index is 634. The molecule has 0 saturated carbocycles. The molecule has 0 unspecified atom stereocenters. The van der Waals surface area contributed by atoms with Crippen LogP contribution in [0.2, 0.25) is 0 Å². The molecule has 0 amide bonds. The average molecular weight is 359 g/mol. The zero-order chi connectivity index (χ0) is 15.1. The maximum atomic E-state index is 13.6. The lowest BCUT2D eigenvalue weighted by Gasteiger charge is -2.04. The third-order valence-corrected chi connectivity index (χ3v) is 3.02. The molecule has 0 fully saturated rings. The molecule has 0 atom stereocenters. The minimum Gasteiger partial charge on any atom is -0.333 e. The summed E-state index contributed by atoms with van der Waals surface area (Å²) in [5.41, 5.74) is -2.07. The fourth-order valence-corrected chi connectivity index (χ4v) is 2.03. The van der Waals surface area contributed by atoms with Crippen LogP contribution in [0.25, 0.3) is 11.4 Å². The lowest BCUT2D eigenvalue weighted by Crippen LogP contribution is -2.06. The summed E-state index contributed by atoms with van der Waals surface area (Å²) >= 11 is 2.61. The normalized spacial score (nSPS) is 12.2. The summed E-state index contributed by atoms with van der Waals surface area (Å²) in [6.45, 7) is 0. The van der Waals surface area contributed by atoms with E-state index in [9.17, 15) is 26.3 Å². The van der Waals surface area contributed by atoms with E-state index in [1.54, 1.807) is 0 Å². The third-order valence-electron chi connectivity index (χ3n) is 2.44. The van der Waals surface area contributed by atoms with Gasteiger partial charge in [0.15, 0.2) is 5.69 Å². The van der Waals surface area contributed by atoms with Crippen LogP contribution in [0.1, 0.15) is 17.7 Å². The van der Waals surface area contributed by atoms with E-state index < -0.39 is 40.1 Å². The van der Waals surface area contributed by atoms with Crippen molar-refractivity contribution in [3.8, 4) is 11.4 Å². The number of nitrogens with one attached hydrogen (secondary N) is 1. The molecule has 1 aromatic heterocycles. The molecular formula is C11H5BrF6N2. The summed E-state index contributed by atoms with van der Waals surface area (Å²) in [6, 6.07) is 2.43. The Hall–Kier alpha value is -1.51. The van der Waals surface area contributed by atoms with E-state index in [1.165, 1.54) is 0 Å². The molecule has 0 aliphatic heterocycles. The van der Waals surface area contributed by atoms with Crippen molar-refractivity contribution in [2.24, 2.45) is 0 Å². The van der Waals surface area contributed by atoms with Crippen LogP contribution in [0.5, 0.6) is 0 Å². The highest BCUT2D eigenvalue weighted by Gasteiger charge is 2.36. The van der Waals surface area contributed by atoms with Crippen LogP contribution in [0.4, 0.5) is 26.3 Å². The second-order valence-electron chi connectivity index (χ2n) is 3.79. The number of halogens is 7. The number of aromatic nitrogens is 2. The summed E-state index contributed by atoms with van der Waals surface area (Å²) in [7, 11) is 0. The molecule has 9 heteroatoms. The highest BCUT2D eigenvalue weighted by atomic mass is 79.9. The average Bonchev–Trinajstić information content (AvgIpc) is 2.70. The van der Waals surface area contributed by atoms with Gasteiger partial charge in [0, 0.05) is 5.56 Å². The first-order valence-corrected chi connectivity index (χ1v) is 5.90. The van der Waals surface area contributed by atoms with E-state index in [4.69, 9.17) is 0 Å². The number of aromatic amines is 1. The lowest BCUT2D eigenvalue weighted by molar-refractivity contribution is -0.141. The van der Waals surface area contributed by atoms with Crippen molar-refractivity contribution < 1.29 is 26.3 Å². The molecule has 0 aliphatic carbocycles. The lowest BCUT2D eigenvalue weighted by atomic mass is 10.1. The minimum absolute atomic E-state index is 0.328. The van der Waals surface area contributed by atoms with E-state index in [1.807, 2.05) is 4.98 Å². The predicted molar refractivity (Wildman–Crippen MR) is 61.6 cm³/mol. The second-order valence-corrected chi connectivity index (χ2v) is 4.54. The van der Waals surface area contributed by atoms with E-state index in [0.29, 0.717) is 6.07 Å². The van der Waals surface area contributed by atoms with Gasteiger partial charge in [-0.3, -0.25) is 0 Å². The van der Waals surface area contributed by atoms with Crippen LogP contribution in [0.15, 0.2) is 22.8 Å². The molecule has 2 aromatic rings. The molecule has 1 heterocycles. The fraction of sp³-hybridized carbons (Fsp3) is 0.182. The van der Waals surface area contributed by atoms with E-state index in [2.05, 4.69) is 20.9 Å². The molecular weight excluding hydrogens is 354 g/mol. The zero-order valence-electron chi connectivity index (χ0n) is 9.40. The molecule has 0 aliphatic rings. The Labute approximate surface area is 117 Å². The van der Waals surface area contributed by atoms with Gasteiger partial charge in [0.2, 0.25) is 0 Å². The molecule has 108 valence electrons. The van der Waals surface area contributed by atoms with Crippen molar-refractivity contribution in [3.05, 3.63) is 39.9 Å². The van der Waals surface area contributed by atoms with Crippen molar-refractivity contribution >= 4 is 15.9 Å². The largest absolute Gasteiger partial charge is 0.433 e. The van der Waals surface area contributed by atoms with Gasteiger partial charge in [0.1, 0.15) is 16.2 Å². The third kappa shape index (κ3) is 2.82. The number of nitrogens with zero attached hydrogens (tertiary/aromatic N) is 1. The van der Waals surface area contributed by atoms with E-state index >= 15 is 0 Å². The van der Waals surface area contributed by atoms with Crippen molar-refractivity contribution in [2.75, 3.05) is 0 Å². The summed E-state index contributed by atoms with van der Waals surface area (Å²) in [5, 5.41) is 0. The molecule has 1 aromatic carbocycles. The van der Waals surface area contributed by atoms with Crippen LogP contribution in [0, 0.1) is 5.82 Å². The van der Waals surface area contributed by atoms with Gasteiger partial charge in [-0.25, -0.2) is 18.2 Å². The van der Waals surface area contributed by atoms with Crippen LogP contribution in [-0.4, -0.2) is 9.97 Å². The highest BCUT2D eigenvalue weighted by molar-refractivity contribution is 9.10. The number of benzene rings is 1. The van der Waals surface area contributed by atoms with Gasteiger partial charge in [0.05, 0.1) is 5.56 Å². The Kier molecular flexibility index (Phi) is 3.81. The Morgan fingerprint density at radius 3 is 2.30 bits per heavy atom. The van der Waals surface area contributed by atoms with E-state index in [-0.39, 0.29) is 5.56 Å². The maximum Gasteiger partial charge on any atom is 0.433 e. The molecule has 0 bridgehead atoms. The smallest absolute Gasteiger partial charge is 0.333 e. The molecule has 1 N–H and O–H groups in total. The van der Waals surface area contributed by atoms with Gasteiger partial charge in [0.25, 0.3) is 6.43 Å². The summed E-state index contributed by atoms with van der Waals surface area (Å²) < 4.78 is 75.5. The first-order valence-electron chi connectivity index (χ1n) is 5.11. The van der Waals surface area contributed by atoms with Crippen molar-refractivity contribution in [3.63, 3.8) is 0 Å². The highest BCUT2D eigenvalue weighted by Crippen LogP contribution is 2.35. The fourth-order valence-electron chi connectivity index (χ4n) is 1.53. The van der Waals surface area contributed by atoms with Crippen LogP contribution in [0.3, 0.4) is 0 Å². The monoisotopic (exact) mass is 358 g/mol. The Morgan fingerprint density at radius 2 is 1.85 bits per heavy atom. The predicted octanol–water partition coefficient (Wildman–Crippen LogP) is 4.93. The topological polar surface area (TPSA) is 28.7 Å². The summed E-state index contributed by atoms with van der Waals surface area (Å²) in [5.74, 6) is -1.49. The van der Waals surface area contributed by atoms with Crippen LogP contribution < -0.4 is 0 Å². The van der Waals surface area contributed by atoms with Crippen molar-refractivity contribution in [2.45, 2.75) is 12.6 Å². The standard InChI is InChI=1S/C11H5BrF6N2/c12-8-7(11(16,17)18)19-10(20-8)5-2-1-4(9(14)15)3-6(5)13/h1-3,9H,(H,19,20). The molecule has 20 heavy (non-hydrogen) atoms. The summed E-state index contributed by atoms with van der Waals surface area (Å²) in [4.78, 5) is 5.41. The van der Waals surface area contributed by atoms with Gasteiger partial charge >= 0.3 is 6.18 Å². The quantitative estimate of drug-likeness (QED) is 0.757. The maximum absolute atomic E-state index is 13.6. The Morgan fingerprint density at radius 1 is 1.20 bits per heavy atom. The SMILES string of the molecule is Fc1cc(C(F)F)ccc1-c1nc(Br)c(C(F)(F)F)[nH]1.